The number of rotatable bonds is 16. The van der Waals surface area contributed by atoms with E-state index < -0.39 is 0 Å². The Labute approximate surface area is 848 Å². The van der Waals surface area contributed by atoms with Gasteiger partial charge in [0.05, 0.1) is 35.2 Å². The monoisotopic (exact) mass is 1860 g/mol. The van der Waals surface area contributed by atoms with Crippen molar-refractivity contribution in [1.29, 1.82) is 0 Å². The van der Waals surface area contributed by atoms with Gasteiger partial charge in [0.2, 0.25) is 0 Å². The molecule has 142 heavy (non-hydrogen) atoms. The molecule has 4 fully saturated rings. The van der Waals surface area contributed by atoms with Crippen LogP contribution in [-0.2, 0) is 32.5 Å². The number of benzene rings is 14. The van der Waals surface area contributed by atoms with Gasteiger partial charge in [-0.25, -0.2) is 15.0 Å². The van der Waals surface area contributed by atoms with Crippen LogP contribution in [0.25, 0.3) is 157 Å². The van der Waals surface area contributed by atoms with Crippen LogP contribution in [0.15, 0.2) is 316 Å². The van der Waals surface area contributed by atoms with E-state index in [1.165, 1.54) is 273 Å². The van der Waals surface area contributed by atoms with Gasteiger partial charge < -0.3 is 0 Å². The second-order valence-electron chi connectivity index (χ2n) is 48.0. The highest BCUT2D eigenvalue weighted by Gasteiger charge is 2.38. The van der Waals surface area contributed by atoms with Gasteiger partial charge in [-0.05, 0) is 294 Å². The second kappa shape index (κ2) is 38.8. The zero-order valence-electron chi connectivity index (χ0n) is 87.3. The number of fused-ring (bicyclic) bond motifs is 6. The van der Waals surface area contributed by atoms with E-state index in [0.717, 1.165) is 50.6 Å². The molecule has 22 rings (SSSR count). The first-order valence-corrected chi connectivity index (χ1v) is 53.8. The van der Waals surface area contributed by atoms with E-state index in [1.54, 1.807) is 22.3 Å². The lowest BCUT2D eigenvalue weighted by molar-refractivity contribution is 0.435. The summed E-state index contributed by atoms with van der Waals surface area (Å²) in [5, 5.41) is 0. The van der Waals surface area contributed by atoms with Crippen LogP contribution in [0.2, 0.25) is 0 Å². The topological polar surface area (TPSA) is 51.6 Å². The Kier molecular flexibility index (Phi) is 26.1. The Morgan fingerprint density at radius 3 is 0.761 bits per heavy atom. The molecule has 2 heterocycles. The van der Waals surface area contributed by atoms with Crippen LogP contribution in [0.3, 0.4) is 0 Å². The molecule has 0 radical (unpaired) electrons. The van der Waals surface area contributed by atoms with Crippen molar-refractivity contribution in [1.82, 2.24) is 19.9 Å². The first kappa shape index (κ1) is 95.4. The van der Waals surface area contributed by atoms with E-state index in [4.69, 9.17) is 19.9 Å². The molecule has 0 amide bonds. The van der Waals surface area contributed by atoms with Crippen LogP contribution in [0, 0.1) is 0 Å². The van der Waals surface area contributed by atoms with Crippen LogP contribution < -0.4 is 0 Å². The van der Waals surface area contributed by atoms with Crippen LogP contribution in [0.5, 0.6) is 0 Å². The van der Waals surface area contributed by atoms with Crippen molar-refractivity contribution >= 4 is 0 Å². The van der Waals surface area contributed by atoms with Crippen LogP contribution >= 0.6 is 0 Å². The number of aromatic nitrogens is 4. The van der Waals surface area contributed by atoms with Gasteiger partial charge in [-0.3, -0.25) is 4.98 Å². The minimum absolute atomic E-state index is 0.0182. The fourth-order valence-corrected chi connectivity index (χ4v) is 24.3. The molecular formula is C138H144N4. The largest absolute Gasteiger partial charge is 0.260 e. The summed E-state index contributed by atoms with van der Waals surface area (Å²) in [5.74, 6) is 3.46. The molecule has 0 spiro atoms. The molecule has 4 nitrogen and oxygen atoms in total. The first-order chi connectivity index (χ1) is 68.3. The maximum absolute atomic E-state index is 5.30. The van der Waals surface area contributed by atoms with Crippen molar-refractivity contribution in [3.05, 3.63) is 382 Å². The molecule has 6 aliphatic carbocycles. The Morgan fingerprint density at radius 2 is 0.444 bits per heavy atom. The van der Waals surface area contributed by atoms with E-state index in [9.17, 15) is 0 Å². The Morgan fingerprint density at radius 1 is 0.197 bits per heavy atom. The summed E-state index contributed by atoms with van der Waals surface area (Å²) in [6.45, 7) is 37.3. The summed E-state index contributed by atoms with van der Waals surface area (Å²) in [5.41, 5.74) is 49.3. The third-order valence-electron chi connectivity index (χ3n) is 33.3. The zero-order chi connectivity index (χ0) is 98.1. The number of hydrogen-bond donors (Lipinski definition) is 0. The first-order valence-electron chi connectivity index (χ1n) is 53.8. The van der Waals surface area contributed by atoms with Gasteiger partial charge in [-0.15, -0.1) is 0 Å². The summed E-state index contributed by atoms with van der Waals surface area (Å²) in [7, 11) is 0. The lowest BCUT2D eigenvalue weighted by atomic mass is 9.78. The van der Waals surface area contributed by atoms with Crippen LogP contribution in [0.1, 0.15) is 330 Å². The van der Waals surface area contributed by atoms with E-state index in [1.807, 2.05) is 12.4 Å². The fourth-order valence-electron chi connectivity index (χ4n) is 24.3. The van der Waals surface area contributed by atoms with E-state index in [-0.39, 0.29) is 32.5 Å². The predicted molar refractivity (Wildman–Crippen MR) is 603 cm³/mol. The normalized spacial score (nSPS) is 16.2. The van der Waals surface area contributed by atoms with E-state index >= 15 is 0 Å². The third-order valence-corrected chi connectivity index (χ3v) is 33.3. The molecule has 0 saturated heterocycles. The Hall–Kier alpha value is -12.8. The van der Waals surface area contributed by atoms with Crippen molar-refractivity contribution < 1.29 is 0 Å². The minimum Gasteiger partial charge on any atom is -0.260 e. The predicted octanol–water partition coefficient (Wildman–Crippen LogP) is 39.0. The summed E-state index contributed by atoms with van der Waals surface area (Å²) in [6.07, 6.45) is 30.9. The molecule has 0 N–H and O–H groups in total. The molecule has 6 aliphatic rings. The molecule has 14 aromatic carbocycles. The summed E-state index contributed by atoms with van der Waals surface area (Å²) in [4.78, 5) is 20.6. The van der Waals surface area contributed by atoms with Crippen molar-refractivity contribution in [2.45, 2.75) is 295 Å². The standard InChI is InChI=1S/C72H84N2.C66H60N2/c1-71(2,3)67-43-63(41-65(45-67)61-37-57(49-19-11-7-12-20-49)35-58(38-61)50-21-13-8-14-22-50)53-27-31-55(32-28-53)69-47-73-48-70(74-69)56-33-29-54(30-34-56)64-42-66(46-68(44-64)72(4,5)6)62-39-59(51-23-15-9-16-24-51)36-60(40-62)52-25-17-10-18-26-52;1-63(2,3)50-35-49(36-51(39-50)64(4,5)6)43-23-29-46(30-24-43)62-67-60(44-25-19-41(20-26-44)47-31-33-54-52-15-11-13-17-56(52)65(7,8)58(54)37-47)40-61(68-62)45-27-21-42(22-28-45)48-32-34-55-53-16-12-14-18-57(53)66(9,10)59(55)38-48/h27-52H,7-26H2,1-6H3;11-40H,1-10H3. The fraction of sp³-hybridized carbons (Fsp3) is 0.333. The number of nitrogens with zero attached hydrogens (tertiary/aromatic N) is 4. The number of hydrogen-bond acceptors (Lipinski definition) is 4. The van der Waals surface area contributed by atoms with Gasteiger partial charge >= 0.3 is 0 Å². The van der Waals surface area contributed by atoms with E-state index in [0.29, 0.717) is 29.5 Å². The highest BCUT2D eigenvalue weighted by molar-refractivity contribution is 5.88. The summed E-state index contributed by atoms with van der Waals surface area (Å²) in [6, 6.07) is 116. The molecule has 4 heteroatoms. The van der Waals surface area contributed by atoms with Crippen molar-refractivity contribution in [3.8, 4) is 157 Å². The van der Waals surface area contributed by atoms with Crippen molar-refractivity contribution in [2.75, 3.05) is 0 Å². The molecule has 0 aliphatic heterocycles. The SMILES string of the molecule is CC(C)(C)c1cc(-c2ccc(-c3cncc(-c4ccc(-c5cc(-c6cc(C7CCCCC7)cc(C7CCCCC7)c6)cc(C(C)(C)C)c5)cc4)n3)cc2)cc(-c2cc(C3CCCCC3)cc(C3CCCCC3)c2)c1.CC(C)(C)c1cc(-c2ccc(-c3nc(-c4ccc(-c5ccc6c(c5)C(C)(C)c5ccccc5-6)cc4)cc(-c4ccc(-c5ccc6c(c5)C(C)(C)c5ccccc5-6)cc4)n3)cc2)cc(C(C)(C)C)c1. The maximum Gasteiger partial charge on any atom is 0.160 e. The lowest BCUT2D eigenvalue weighted by Gasteiger charge is -2.27. The molecule has 16 aromatic rings. The molecule has 716 valence electrons. The molecule has 2 aromatic heterocycles. The van der Waals surface area contributed by atoms with Crippen LogP contribution in [-0.4, -0.2) is 19.9 Å². The van der Waals surface area contributed by atoms with Gasteiger partial charge in [0.1, 0.15) is 0 Å². The molecule has 0 atom stereocenters. The third kappa shape index (κ3) is 19.9. The van der Waals surface area contributed by atoms with Crippen LogP contribution in [0.4, 0.5) is 0 Å². The average molecular weight is 1860 g/mol. The van der Waals surface area contributed by atoms with Crippen molar-refractivity contribution in [3.63, 3.8) is 0 Å². The smallest absolute Gasteiger partial charge is 0.160 e. The molecule has 4 saturated carbocycles. The highest BCUT2D eigenvalue weighted by Crippen LogP contribution is 2.54. The Balaban J connectivity index is 0.000000169. The van der Waals surface area contributed by atoms with Gasteiger partial charge in [-0.2, -0.15) is 0 Å². The summed E-state index contributed by atoms with van der Waals surface area (Å²) < 4.78 is 0. The van der Waals surface area contributed by atoms with Crippen molar-refractivity contribution in [2.24, 2.45) is 0 Å². The summed E-state index contributed by atoms with van der Waals surface area (Å²) >= 11 is 0. The van der Waals surface area contributed by atoms with Gasteiger partial charge in [0.15, 0.2) is 5.82 Å². The van der Waals surface area contributed by atoms with Gasteiger partial charge in [0, 0.05) is 38.6 Å². The Bertz CT molecular complexity index is 6850. The zero-order valence-corrected chi connectivity index (χ0v) is 87.3. The molecule has 0 unspecified atom stereocenters. The van der Waals surface area contributed by atoms with E-state index in [2.05, 4.69) is 414 Å². The second-order valence-corrected chi connectivity index (χ2v) is 48.0. The van der Waals surface area contributed by atoms with Gasteiger partial charge in [-0.1, -0.05) is 461 Å². The quantitative estimate of drug-likeness (QED) is 0.0967. The van der Waals surface area contributed by atoms with Gasteiger partial charge in [0.25, 0.3) is 0 Å². The average Bonchev–Trinajstić information content (AvgIpc) is 1.58. The lowest BCUT2D eigenvalue weighted by Crippen LogP contribution is -2.16. The minimum atomic E-state index is -0.0531. The highest BCUT2D eigenvalue weighted by atomic mass is 14.9. The molecular weight excluding hydrogens is 1710 g/mol. The molecule has 0 bridgehead atoms. The maximum atomic E-state index is 5.30.